The summed E-state index contributed by atoms with van der Waals surface area (Å²) in [6, 6.07) is 3.36. The lowest BCUT2D eigenvalue weighted by atomic mass is 9.90. The summed E-state index contributed by atoms with van der Waals surface area (Å²) in [7, 11) is 1.57. The lowest BCUT2D eigenvalue weighted by molar-refractivity contribution is -0.0274. The Balaban J connectivity index is 2.19. The van der Waals surface area contributed by atoms with E-state index in [1.807, 2.05) is 27.7 Å². The van der Waals surface area contributed by atoms with Gasteiger partial charge in [-0.1, -0.05) is 0 Å². The number of nitrogens with zero attached hydrogens (tertiary/aromatic N) is 2. The van der Waals surface area contributed by atoms with Gasteiger partial charge in [-0.2, -0.15) is 0 Å². The molecule has 1 amide bonds. The van der Waals surface area contributed by atoms with Crippen LogP contribution in [0.5, 0.6) is 0 Å². The van der Waals surface area contributed by atoms with Crippen molar-refractivity contribution in [1.82, 2.24) is 10.3 Å². The summed E-state index contributed by atoms with van der Waals surface area (Å²) in [6.07, 6.45) is 1.54. The van der Waals surface area contributed by atoms with Crippen molar-refractivity contribution in [3.63, 3.8) is 0 Å². The normalized spacial score (nSPS) is 20.4. The summed E-state index contributed by atoms with van der Waals surface area (Å²) < 4.78 is 0. The summed E-state index contributed by atoms with van der Waals surface area (Å²) in [4.78, 5) is 27.0. The maximum Gasteiger partial charge on any atom is 0.269 e. The van der Waals surface area contributed by atoms with E-state index in [-0.39, 0.29) is 5.91 Å². The van der Waals surface area contributed by atoms with Crippen LogP contribution in [-0.2, 0) is 9.68 Å². The van der Waals surface area contributed by atoms with E-state index in [0.29, 0.717) is 11.4 Å². The molecule has 2 rings (SSSR count). The van der Waals surface area contributed by atoms with Gasteiger partial charge in [-0.3, -0.25) is 4.79 Å². The molecule has 1 aromatic rings. The van der Waals surface area contributed by atoms with Crippen molar-refractivity contribution >= 4 is 11.6 Å². The van der Waals surface area contributed by atoms with E-state index in [0.717, 1.165) is 0 Å². The van der Waals surface area contributed by atoms with Crippen LogP contribution >= 0.6 is 0 Å². The maximum atomic E-state index is 11.4. The third kappa shape index (κ3) is 2.41. The van der Waals surface area contributed by atoms with Crippen LogP contribution in [0.1, 0.15) is 38.2 Å². The lowest BCUT2D eigenvalue weighted by Crippen LogP contribution is -2.41. The Kier molecular flexibility index (Phi) is 3.24. The smallest absolute Gasteiger partial charge is 0.269 e. The first kappa shape index (κ1) is 13.8. The fraction of sp³-hybridized carbons (Fsp3) is 0.538. The van der Waals surface area contributed by atoms with E-state index in [1.165, 1.54) is 5.23 Å². The minimum Gasteiger partial charge on any atom is -0.354 e. The first-order valence-electron chi connectivity index (χ1n) is 6.13. The highest BCUT2D eigenvalue weighted by Gasteiger charge is 2.50. The SMILES string of the molecule is CNC(=O)c1ccc(N2OC(C)(C)C(C)(C)O2)cn1. The van der Waals surface area contributed by atoms with E-state index in [9.17, 15) is 4.79 Å². The number of hydrogen-bond acceptors (Lipinski definition) is 5. The van der Waals surface area contributed by atoms with Gasteiger partial charge in [0.1, 0.15) is 22.6 Å². The van der Waals surface area contributed by atoms with Crippen LogP contribution in [0.3, 0.4) is 0 Å². The third-order valence-electron chi connectivity index (χ3n) is 3.49. The van der Waals surface area contributed by atoms with Gasteiger partial charge in [0.25, 0.3) is 5.91 Å². The third-order valence-corrected chi connectivity index (χ3v) is 3.49. The highest BCUT2D eigenvalue weighted by Crippen LogP contribution is 2.39. The summed E-state index contributed by atoms with van der Waals surface area (Å²) >= 11 is 0. The van der Waals surface area contributed by atoms with E-state index in [2.05, 4.69) is 10.3 Å². The molecule has 1 fully saturated rings. The molecule has 0 radical (unpaired) electrons. The molecule has 2 heterocycles. The van der Waals surface area contributed by atoms with E-state index in [1.54, 1.807) is 25.4 Å². The van der Waals surface area contributed by atoms with Crippen molar-refractivity contribution in [2.24, 2.45) is 0 Å². The molecular weight excluding hydrogens is 246 g/mol. The monoisotopic (exact) mass is 265 g/mol. The van der Waals surface area contributed by atoms with Crippen molar-refractivity contribution in [3.05, 3.63) is 24.0 Å². The second kappa shape index (κ2) is 4.47. The van der Waals surface area contributed by atoms with E-state index < -0.39 is 11.2 Å². The number of hydrogen-bond donors (Lipinski definition) is 1. The number of amides is 1. The second-order valence-electron chi connectivity index (χ2n) is 5.44. The van der Waals surface area contributed by atoms with Gasteiger partial charge in [0.15, 0.2) is 0 Å². The molecule has 6 heteroatoms. The zero-order valence-electron chi connectivity index (χ0n) is 11.9. The number of carbonyl (C=O) groups excluding carboxylic acids is 1. The number of aromatic nitrogens is 1. The molecule has 0 atom stereocenters. The van der Waals surface area contributed by atoms with Crippen molar-refractivity contribution < 1.29 is 14.5 Å². The number of anilines is 1. The quantitative estimate of drug-likeness (QED) is 0.881. The van der Waals surface area contributed by atoms with Gasteiger partial charge in [0.2, 0.25) is 0 Å². The van der Waals surface area contributed by atoms with Gasteiger partial charge in [-0.15, -0.1) is 5.23 Å². The van der Waals surface area contributed by atoms with E-state index >= 15 is 0 Å². The minimum atomic E-state index is -0.452. The molecule has 0 aromatic carbocycles. The number of nitrogens with one attached hydrogen (secondary N) is 1. The van der Waals surface area contributed by atoms with Gasteiger partial charge in [-0.05, 0) is 39.8 Å². The number of rotatable bonds is 2. The summed E-state index contributed by atoms with van der Waals surface area (Å²) in [5.41, 5.74) is 0.0918. The fourth-order valence-corrected chi connectivity index (χ4v) is 1.51. The fourth-order valence-electron chi connectivity index (χ4n) is 1.51. The Morgan fingerprint density at radius 3 is 2.21 bits per heavy atom. The highest BCUT2D eigenvalue weighted by atomic mass is 17.0. The molecule has 1 saturated heterocycles. The molecule has 19 heavy (non-hydrogen) atoms. The molecule has 1 aromatic heterocycles. The molecule has 0 spiro atoms. The van der Waals surface area contributed by atoms with Crippen molar-refractivity contribution in [3.8, 4) is 0 Å². The zero-order chi connectivity index (χ0) is 14.3. The van der Waals surface area contributed by atoms with Crippen LogP contribution in [0.2, 0.25) is 0 Å². The molecule has 0 aliphatic carbocycles. The van der Waals surface area contributed by atoms with Gasteiger partial charge < -0.3 is 5.32 Å². The molecule has 1 aliphatic rings. The number of carbonyl (C=O) groups is 1. The Morgan fingerprint density at radius 2 is 1.79 bits per heavy atom. The number of pyridine rings is 1. The molecule has 0 bridgehead atoms. The van der Waals surface area contributed by atoms with Crippen molar-refractivity contribution in [1.29, 1.82) is 0 Å². The summed E-state index contributed by atoms with van der Waals surface area (Å²) in [5, 5.41) is 3.87. The average molecular weight is 265 g/mol. The van der Waals surface area contributed by atoms with Crippen LogP contribution in [-0.4, -0.2) is 29.1 Å². The van der Waals surface area contributed by atoms with Crippen molar-refractivity contribution in [2.45, 2.75) is 38.9 Å². The lowest BCUT2D eigenvalue weighted by Gasteiger charge is -2.26. The van der Waals surface area contributed by atoms with E-state index in [4.69, 9.17) is 9.68 Å². The Labute approximate surface area is 112 Å². The maximum absolute atomic E-state index is 11.4. The molecule has 1 aliphatic heterocycles. The minimum absolute atomic E-state index is 0.226. The average Bonchev–Trinajstić information content (AvgIpc) is 2.58. The topological polar surface area (TPSA) is 63.7 Å². The highest BCUT2D eigenvalue weighted by molar-refractivity contribution is 5.92. The standard InChI is InChI=1S/C13H19N3O3/c1-12(2)13(3,4)19-16(18-12)9-6-7-10(15-8-9)11(17)14-5/h6-8H,1-5H3,(H,14,17). The van der Waals surface area contributed by atoms with Crippen LogP contribution in [0.15, 0.2) is 18.3 Å². The predicted molar refractivity (Wildman–Crippen MR) is 70.4 cm³/mol. The van der Waals surface area contributed by atoms with Crippen LogP contribution in [0.4, 0.5) is 5.69 Å². The summed E-state index contributed by atoms with van der Waals surface area (Å²) in [6.45, 7) is 7.83. The van der Waals surface area contributed by atoms with Gasteiger partial charge >= 0.3 is 0 Å². The Morgan fingerprint density at radius 1 is 1.21 bits per heavy atom. The van der Waals surface area contributed by atoms with Crippen LogP contribution in [0, 0.1) is 0 Å². The Hall–Kier alpha value is -1.66. The molecule has 0 saturated carbocycles. The van der Waals surface area contributed by atoms with Gasteiger partial charge in [0, 0.05) is 7.05 Å². The molecule has 104 valence electrons. The van der Waals surface area contributed by atoms with Gasteiger partial charge in [-0.25, -0.2) is 14.7 Å². The molecular formula is C13H19N3O3. The van der Waals surface area contributed by atoms with Crippen LogP contribution in [0.25, 0.3) is 0 Å². The van der Waals surface area contributed by atoms with Crippen molar-refractivity contribution in [2.75, 3.05) is 12.3 Å². The van der Waals surface area contributed by atoms with Gasteiger partial charge in [0.05, 0.1) is 6.20 Å². The first-order valence-corrected chi connectivity index (χ1v) is 6.13. The first-order chi connectivity index (χ1) is 8.77. The molecule has 0 unspecified atom stereocenters. The molecule has 1 N–H and O–H groups in total. The Bertz CT molecular complexity index is 466. The predicted octanol–water partition coefficient (Wildman–Crippen LogP) is 1.68. The molecule has 6 nitrogen and oxygen atoms in total. The van der Waals surface area contributed by atoms with Crippen LogP contribution < -0.4 is 10.5 Å². The second-order valence-corrected chi connectivity index (χ2v) is 5.44. The largest absolute Gasteiger partial charge is 0.354 e. The summed E-state index contributed by atoms with van der Waals surface area (Å²) in [5.74, 6) is -0.226. The zero-order valence-corrected chi connectivity index (χ0v) is 11.9.